The Morgan fingerprint density at radius 3 is 3.14 bits per heavy atom. The smallest absolute Gasteiger partial charge is 0.345 e. The van der Waals surface area contributed by atoms with Crippen LogP contribution in [0.4, 0.5) is 0 Å². The first kappa shape index (κ1) is 13.5. The molecule has 8 nitrogen and oxygen atoms in total. The standard InChI is InChI=1S/C13H13N3O5/c1-20-12(18)13-5-8-4-9(17)2-3-10(8)11(13)15-16(6-14-19)7-21-13/h2-4,17H,5-7H2,1H3. The Morgan fingerprint density at radius 2 is 2.43 bits per heavy atom. The van der Waals surface area contributed by atoms with E-state index in [0.29, 0.717) is 11.3 Å². The number of fused-ring (bicyclic) bond motifs is 3. The van der Waals surface area contributed by atoms with Gasteiger partial charge in [-0.05, 0) is 28.9 Å². The van der Waals surface area contributed by atoms with Gasteiger partial charge >= 0.3 is 5.97 Å². The van der Waals surface area contributed by atoms with Crippen molar-refractivity contribution in [2.75, 3.05) is 20.5 Å². The Kier molecular flexibility index (Phi) is 3.09. The highest BCUT2D eigenvalue weighted by Crippen LogP contribution is 2.38. The number of hydrogen-bond acceptors (Lipinski definition) is 8. The number of methoxy groups -OCH3 is 1. The number of ether oxygens (including phenoxy) is 2. The number of carbonyl (C=O) groups is 1. The lowest BCUT2D eigenvalue weighted by atomic mass is 9.97. The fourth-order valence-electron chi connectivity index (χ4n) is 2.67. The fourth-order valence-corrected chi connectivity index (χ4v) is 2.67. The minimum absolute atomic E-state index is 0.0374. The molecule has 0 fully saturated rings. The molecular weight excluding hydrogens is 278 g/mol. The summed E-state index contributed by atoms with van der Waals surface area (Å²) in [7, 11) is 1.28. The molecule has 0 saturated carbocycles. The fraction of sp³-hybridized carbons (Fsp3) is 0.385. The number of rotatable bonds is 3. The molecule has 1 aromatic carbocycles. The monoisotopic (exact) mass is 291 g/mol. The van der Waals surface area contributed by atoms with Crippen LogP contribution in [0, 0.1) is 4.91 Å². The van der Waals surface area contributed by atoms with Crippen molar-refractivity contribution in [2.45, 2.75) is 12.0 Å². The van der Waals surface area contributed by atoms with Gasteiger partial charge in [0.1, 0.15) is 18.2 Å². The van der Waals surface area contributed by atoms with Gasteiger partial charge in [-0.15, -0.1) is 4.91 Å². The highest BCUT2D eigenvalue weighted by atomic mass is 16.6. The highest BCUT2D eigenvalue weighted by molar-refractivity contribution is 6.21. The molecule has 1 aliphatic carbocycles. The van der Waals surface area contributed by atoms with Gasteiger partial charge in [-0.25, -0.2) is 9.80 Å². The SMILES string of the molecule is COC(=O)C12Cc3cc(O)ccc3C1=NN(CN=O)CO2. The molecule has 3 rings (SSSR count). The molecule has 0 bridgehead atoms. The quantitative estimate of drug-likeness (QED) is 0.645. The molecule has 0 spiro atoms. The number of phenols is 1. The molecule has 1 heterocycles. The minimum Gasteiger partial charge on any atom is -0.508 e. The number of carbonyl (C=O) groups excluding carboxylic acids is 1. The third kappa shape index (κ3) is 1.95. The summed E-state index contributed by atoms with van der Waals surface area (Å²) in [4.78, 5) is 22.6. The van der Waals surface area contributed by atoms with E-state index in [4.69, 9.17) is 9.47 Å². The molecule has 0 saturated heterocycles. The summed E-state index contributed by atoms with van der Waals surface area (Å²) >= 11 is 0. The van der Waals surface area contributed by atoms with Gasteiger partial charge in [0.2, 0.25) is 5.60 Å². The van der Waals surface area contributed by atoms with Gasteiger partial charge in [0.05, 0.1) is 7.11 Å². The van der Waals surface area contributed by atoms with Crippen molar-refractivity contribution in [3.8, 4) is 5.75 Å². The average molecular weight is 291 g/mol. The van der Waals surface area contributed by atoms with Gasteiger partial charge in [-0.3, -0.25) is 0 Å². The molecule has 2 aliphatic rings. The summed E-state index contributed by atoms with van der Waals surface area (Å²) in [6.07, 6.45) is 0.227. The summed E-state index contributed by atoms with van der Waals surface area (Å²) < 4.78 is 10.5. The van der Waals surface area contributed by atoms with Gasteiger partial charge in [0.25, 0.3) is 0 Å². The lowest BCUT2D eigenvalue weighted by molar-refractivity contribution is -0.167. The number of aromatic hydroxyl groups is 1. The van der Waals surface area contributed by atoms with Crippen LogP contribution >= 0.6 is 0 Å². The maximum absolute atomic E-state index is 12.2. The van der Waals surface area contributed by atoms with Crippen molar-refractivity contribution in [1.82, 2.24) is 5.01 Å². The van der Waals surface area contributed by atoms with Crippen molar-refractivity contribution in [3.05, 3.63) is 34.2 Å². The first-order valence-electron chi connectivity index (χ1n) is 6.28. The van der Waals surface area contributed by atoms with E-state index in [-0.39, 0.29) is 25.6 Å². The number of nitroso groups, excluding NO2 is 1. The van der Waals surface area contributed by atoms with E-state index in [0.717, 1.165) is 5.56 Å². The Labute approximate surface area is 119 Å². The van der Waals surface area contributed by atoms with Crippen LogP contribution in [-0.2, 0) is 20.7 Å². The minimum atomic E-state index is -1.33. The molecule has 0 amide bonds. The molecule has 1 aromatic rings. The Hall–Kier alpha value is -2.48. The van der Waals surface area contributed by atoms with Crippen molar-refractivity contribution in [1.29, 1.82) is 0 Å². The van der Waals surface area contributed by atoms with Gasteiger partial charge in [0, 0.05) is 12.0 Å². The summed E-state index contributed by atoms with van der Waals surface area (Å²) in [6.45, 7) is -0.210. The van der Waals surface area contributed by atoms with Gasteiger partial charge < -0.3 is 14.6 Å². The predicted octanol–water partition coefficient (Wildman–Crippen LogP) is 0.578. The van der Waals surface area contributed by atoms with E-state index >= 15 is 0 Å². The lowest BCUT2D eigenvalue weighted by Gasteiger charge is -2.34. The summed E-state index contributed by atoms with van der Waals surface area (Å²) in [5, 5.41) is 18.0. The maximum Gasteiger partial charge on any atom is 0.345 e. The molecule has 21 heavy (non-hydrogen) atoms. The second-order valence-electron chi connectivity index (χ2n) is 4.84. The van der Waals surface area contributed by atoms with Crippen LogP contribution < -0.4 is 0 Å². The van der Waals surface area contributed by atoms with Gasteiger partial charge in [-0.1, -0.05) is 0 Å². The molecule has 1 aliphatic heterocycles. The first-order valence-corrected chi connectivity index (χ1v) is 6.28. The van der Waals surface area contributed by atoms with Crippen LogP contribution in [0.1, 0.15) is 11.1 Å². The Morgan fingerprint density at radius 1 is 1.62 bits per heavy atom. The maximum atomic E-state index is 12.2. The molecule has 0 aromatic heterocycles. The second kappa shape index (κ2) is 4.81. The topological polar surface area (TPSA) is 101 Å². The van der Waals surface area contributed by atoms with Crippen molar-refractivity contribution >= 4 is 11.7 Å². The van der Waals surface area contributed by atoms with E-state index in [9.17, 15) is 14.8 Å². The zero-order valence-electron chi connectivity index (χ0n) is 11.3. The van der Waals surface area contributed by atoms with E-state index in [1.807, 2.05) is 0 Å². The van der Waals surface area contributed by atoms with Gasteiger partial charge in [-0.2, -0.15) is 5.10 Å². The number of nitrogens with zero attached hydrogens (tertiary/aromatic N) is 3. The van der Waals surface area contributed by atoms with E-state index in [2.05, 4.69) is 10.3 Å². The van der Waals surface area contributed by atoms with Crippen LogP contribution in [0.25, 0.3) is 0 Å². The molecule has 1 unspecified atom stereocenters. The van der Waals surface area contributed by atoms with Crippen LogP contribution in [0.15, 0.2) is 28.5 Å². The summed E-state index contributed by atoms with van der Waals surface area (Å²) in [5.41, 5.74) is 0.470. The average Bonchev–Trinajstić information content (AvgIpc) is 2.80. The van der Waals surface area contributed by atoms with Crippen molar-refractivity contribution < 1.29 is 19.4 Å². The zero-order chi connectivity index (χ0) is 15.0. The third-order valence-corrected chi connectivity index (χ3v) is 3.60. The highest BCUT2D eigenvalue weighted by Gasteiger charge is 2.54. The Balaban J connectivity index is 2.12. The number of esters is 1. The Bertz CT molecular complexity index is 645. The van der Waals surface area contributed by atoms with Crippen LogP contribution in [0.5, 0.6) is 5.75 Å². The van der Waals surface area contributed by atoms with Crippen LogP contribution in [0.2, 0.25) is 0 Å². The molecule has 110 valence electrons. The van der Waals surface area contributed by atoms with Crippen LogP contribution in [-0.4, -0.2) is 47.9 Å². The van der Waals surface area contributed by atoms with Crippen molar-refractivity contribution in [2.24, 2.45) is 10.3 Å². The largest absolute Gasteiger partial charge is 0.508 e. The predicted molar refractivity (Wildman–Crippen MR) is 71.5 cm³/mol. The summed E-state index contributed by atoms with van der Waals surface area (Å²) in [6, 6.07) is 4.73. The molecule has 0 radical (unpaired) electrons. The molecular formula is C13H13N3O5. The molecule has 8 heteroatoms. The van der Waals surface area contributed by atoms with Gasteiger partial charge in [0.15, 0.2) is 6.67 Å². The van der Waals surface area contributed by atoms with E-state index in [1.165, 1.54) is 18.2 Å². The number of hydrogen-bond donors (Lipinski definition) is 1. The van der Waals surface area contributed by atoms with Crippen LogP contribution in [0.3, 0.4) is 0 Å². The lowest BCUT2D eigenvalue weighted by Crippen LogP contribution is -2.53. The van der Waals surface area contributed by atoms with E-state index in [1.54, 1.807) is 12.1 Å². The van der Waals surface area contributed by atoms with E-state index < -0.39 is 11.6 Å². The molecule has 1 N–H and O–H groups in total. The number of hydrazone groups is 1. The second-order valence-corrected chi connectivity index (χ2v) is 4.84. The summed E-state index contributed by atoms with van der Waals surface area (Å²) in [5.74, 6) is -0.463. The third-order valence-electron chi connectivity index (χ3n) is 3.60. The zero-order valence-corrected chi connectivity index (χ0v) is 11.3. The number of phenolic OH excluding ortho intramolecular Hbond substituents is 1. The first-order chi connectivity index (χ1) is 10.1. The number of benzene rings is 1. The normalized spacial score (nSPS) is 23.1. The molecule has 1 atom stereocenters. The van der Waals surface area contributed by atoms with Crippen molar-refractivity contribution in [3.63, 3.8) is 0 Å².